The monoisotopic (exact) mass is 325 g/mol. The molecule has 0 fully saturated rings. The number of hydrogen-bond acceptors (Lipinski definition) is 4. The van der Waals surface area contributed by atoms with Crippen LogP contribution < -0.4 is 16.4 Å². The molecule has 2 aromatic rings. The van der Waals surface area contributed by atoms with Gasteiger partial charge in [-0.05, 0) is 23.9 Å². The molecule has 1 heterocycles. The second-order valence-electron chi connectivity index (χ2n) is 4.82. The first kappa shape index (κ1) is 18.9. The smallest absolute Gasteiger partial charge is 0.250 e. The molecule has 0 aliphatic rings. The van der Waals surface area contributed by atoms with Crippen molar-refractivity contribution in [2.75, 3.05) is 19.4 Å². The lowest BCUT2D eigenvalue weighted by molar-refractivity contribution is -0.116. The predicted molar refractivity (Wildman–Crippen MR) is 101 cm³/mol. The van der Waals surface area contributed by atoms with E-state index >= 15 is 0 Å². The Hall–Kier alpha value is -3.15. The van der Waals surface area contributed by atoms with Crippen molar-refractivity contribution in [3.63, 3.8) is 0 Å². The van der Waals surface area contributed by atoms with E-state index in [0.29, 0.717) is 5.57 Å². The Labute approximate surface area is 142 Å². The van der Waals surface area contributed by atoms with Gasteiger partial charge in [0, 0.05) is 37.5 Å². The highest BCUT2D eigenvalue weighted by Crippen LogP contribution is 2.20. The SMILES string of the molecule is C=C(C(=O)NC)/C(C)=C\Nc1nccc2ccccc12.CN=CN. The number of amides is 1. The van der Waals surface area contributed by atoms with Crippen LogP contribution in [0.2, 0.25) is 0 Å². The van der Waals surface area contributed by atoms with Crippen molar-refractivity contribution in [1.29, 1.82) is 0 Å². The molecule has 1 aromatic heterocycles. The van der Waals surface area contributed by atoms with Crippen LogP contribution in [-0.4, -0.2) is 31.3 Å². The maximum absolute atomic E-state index is 11.5. The van der Waals surface area contributed by atoms with Crippen molar-refractivity contribution in [1.82, 2.24) is 10.3 Å². The Morgan fingerprint density at radius 1 is 1.33 bits per heavy atom. The van der Waals surface area contributed by atoms with Crippen molar-refractivity contribution >= 4 is 28.8 Å². The molecule has 0 saturated heterocycles. The largest absolute Gasteiger partial charge is 0.390 e. The van der Waals surface area contributed by atoms with Gasteiger partial charge in [-0.3, -0.25) is 9.79 Å². The lowest BCUT2D eigenvalue weighted by atomic mass is 10.1. The van der Waals surface area contributed by atoms with E-state index in [4.69, 9.17) is 5.73 Å². The zero-order valence-electron chi connectivity index (χ0n) is 14.2. The molecule has 0 aliphatic heterocycles. The van der Waals surface area contributed by atoms with Crippen LogP contribution in [0.25, 0.3) is 10.8 Å². The highest BCUT2D eigenvalue weighted by Gasteiger charge is 2.06. The third kappa shape index (κ3) is 5.24. The fraction of sp³-hybridized carbons (Fsp3) is 0.167. The van der Waals surface area contributed by atoms with Crippen molar-refractivity contribution in [2.45, 2.75) is 6.92 Å². The highest BCUT2D eigenvalue weighted by molar-refractivity contribution is 5.97. The Morgan fingerprint density at radius 2 is 2.00 bits per heavy atom. The first-order chi connectivity index (χ1) is 11.5. The fourth-order valence-electron chi connectivity index (χ4n) is 1.83. The van der Waals surface area contributed by atoms with E-state index in [1.807, 2.05) is 37.3 Å². The number of likely N-dealkylation sites (N-methyl/N-ethyl adjacent to an activating group) is 1. The number of anilines is 1. The number of hydrogen-bond donors (Lipinski definition) is 3. The molecule has 2 rings (SSSR count). The van der Waals surface area contributed by atoms with Crippen LogP contribution in [0.3, 0.4) is 0 Å². The molecule has 0 spiro atoms. The quantitative estimate of drug-likeness (QED) is 0.348. The Balaban J connectivity index is 0.000000648. The summed E-state index contributed by atoms with van der Waals surface area (Å²) in [6.07, 6.45) is 4.74. The van der Waals surface area contributed by atoms with E-state index < -0.39 is 0 Å². The molecule has 0 bridgehead atoms. The van der Waals surface area contributed by atoms with Gasteiger partial charge in [-0.1, -0.05) is 30.8 Å². The van der Waals surface area contributed by atoms with Gasteiger partial charge >= 0.3 is 0 Å². The summed E-state index contributed by atoms with van der Waals surface area (Å²) in [6, 6.07) is 9.94. The van der Waals surface area contributed by atoms with Crippen LogP contribution in [-0.2, 0) is 4.79 Å². The van der Waals surface area contributed by atoms with Gasteiger partial charge in [0.25, 0.3) is 5.91 Å². The maximum atomic E-state index is 11.5. The number of aliphatic imine (C=N–C) groups is 1. The molecule has 0 aliphatic carbocycles. The number of carbonyl (C=O) groups excluding carboxylic acids is 1. The van der Waals surface area contributed by atoms with Gasteiger partial charge in [0.15, 0.2) is 0 Å². The van der Waals surface area contributed by atoms with E-state index in [2.05, 4.69) is 27.2 Å². The van der Waals surface area contributed by atoms with Crippen LogP contribution in [0.5, 0.6) is 0 Å². The van der Waals surface area contributed by atoms with Crippen molar-refractivity contribution in [3.8, 4) is 0 Å². The van der Waals surface area contributed by atoms with Crippen LogP contribution in [0.15, 0.2) is 65.4 Å². The number of nitrogens with one attached hydrogen (secondary N) is 2. The summed E-state index contributed by atoms with van der Waals surface area (Å²) in [5.41, 5.74) is 5.93. The summed E-state index contributed by atoms with van der Waals surface area (Å²) in [4.78, 5) is 19.2. The number of nitrogens with two attached hydrogens (primary N) is 1. The molecule has 4 N–H and O–H groups in total. The average Bonchev–Trinajstić information content (AvgIpc) is 2.64. The lowest BCUT2D eigenvalue weighted by Crippen LogP contribution is -2.20. The van der Waals surface area contributed by atoms with Gasteiger partial charge in [-0.2, -0.15) is 0 Å². The van der Waals surface area contributed by atoms with E-state index in [-0.39, 0.29) is 5.91 Å². The zero-order valence-corrected chi connectivity index (χ0v) is 14.2. The van der Waals surface area contributed by atoms with Gasteiger partial charge in [0.2, 0.25) is 0 Å². The van der Waals surface area contributed by atoms with Crippen molar-refractivity contribution in [3.05, 3.63) is 60.5 Å². The van der Waals surface area contributed by atoms with Crippen LogP contribution in [0, 0.1) is 0 Å². The van der Waals surface area contributed by atoms with E-state index in [0.717, 1.165) is 22.2 Å². The molecule has 0 saturated carbocycles. The summed E-state index contributed by atoms with van der Waals surface area (Å²) in [7, 11) is 3.21. The fourth-order valence-corrected chi connectivity index (χ4v) is 1.83. The number of aromatic nitrogens is 1. The Bertz CT molecular complexity index is 756. The molecule has 126 valence electrons. The second kappa shape index (κ2) is 9.78. The van der Waals surface area contributed by atoms with E-state index in [1.165, 1.54) is 6.34 Å². The molecular formula is C18H23N5O. The number of pyridine rings is 1. The van der Waals surface area contributed by atoms with E-state index in [9.17, 15) is 4.79 Å². The summed E-state index contributed by atoms with van der Waals surface area (Å²) in [5.74, 6) is 0.568. The second-order valence-corrected chi connectivity index (χ2v) is 4.82. The Morgan fingerprint density at radius 3 is 2.62 bits per heavy atom. The van der Waals surface area contributed by atoms with Gasteiger partial charge in [-0.15, -0.1) is 0 Å². The van der Waals surface area contributed by atoms with Gasteiger partial charge in [0.1, 0.15) is 5.82 Å². The van der Waals surface area contributed by atoms with Crippen molar-refractivity contribution < 1.29 is 4.79 Å². The third-order valence-electron chi connectivity index (χ3n) is 3.23. The number of nitrogens with zero attached hydrogens (tertiary/aromatic N) is 2. The van der Waals surface area contributed by atoms with Gasteiger partial charge in [-0.25, -0.2) is 4.98 Å². The number of fused-ring (bicyclic) bond motifs is 1. The molecular weight excluding hydrogens is 302 g/mol. The summed E-state index contributed by atoms with van der Waals surface area (Å²) in [6.45, 7) is 5.59. The molecule has 6 nitrogen and oxygen atoms in total. The summed E-state index contributed by atoms with van der Waals surface area (Å²) >= 11 is 0. The lowest BCUT2D eigenvalue weighted by Gasteiger charge is -2.08. The van der Waals surface area contributed by atoms with Crippen LogP contribution in [0.1, 0.15) is 6.92 Å². The summed E-state index contributed by atoms with van der Waals surface area (Å²) in [5, 5.41) is 7.83. The van der Waals surface area contributed by atoms with Gasteiger partial charge in [0.05, 0.1) is 6.34 Å². The van der Waals surface area contributed by atoms with E-state index in [1.54, 1.807) is 26.5 Å². The van der Waals surface area contributed by atoms with Crippen LogP contribution >= 0.6 is 0 Å². The minimum Gasteiger partial charge on any atom is -0.390 e. The van der Waals surface area contributed by atoms with Crippen molar-refractivity contribution in [2.24, 2.45) is 10.7 Å². The minimum absolute atomic E-state index is 0.188. The number of rotatable bonds is 4. The molecule has 0 radical (unpaired) electrons. The highest BCUT2D eigenvalue weighted by atomic mass is 16.1. The molecule has 24 heavy (non-hydrogen) atoms. The van der Waals surface area contributed by atoms with Crippen LogP contribution in [0.4, 0.5) is 5.82 Å². The third-order valence-corrected chi connectivity index (χ3v) is 3.23. The molecule has 1 amide bonds. The molecule has 6 heteroatoms. The zero-order chi connectivity index (χ0) is 17.9. The first-order valence-corrected chi connectivity index (χ1v) is 7.35. The molecule has 0 atom stereocenters. The standard InChI is InChI=1S/C16H17N3O.C2H6N2/c1-11(12(2)16(20)17-3)10-19-15-14-7-5-4-6-13(14)8-9-18-15;1-4-2-3/h4-10H,2H2,1,3H3,(H,17,20)(H,18,19);2H,1H3,(H2,3,4)/b11-10-;. The predicted octanol–water partition coefficient (Wildman–Crippen LogP) is 2.46. The average molecular weight is 325 g/mol. The Kier molecular flexibility index (Phi) is 7.70. The minimum atomic E-state index is -0.188. The molecule has 0 unspecified atom stereocenters. The molecule has 1 aromatic carbocycles. The maximum Gasteiger partial charge on any atom is 0.250 e. The number of carbonyl (C=O) groups is 1. The normalized spacial score (nSPS) is 10.9. The van der Waals surface area contributed by atoms with Gasteiger partial charge < -0.3 is 16.4 Å². The summed E-state index contributed by atoms with van der Waals surface area (Å²) < 4.78 is 0. The topological polar surface area (TPSA) is 92.4 Å². The first-order valence-electron chi connectivity index (χ1n) is 7.35. The number of benzene rings is 1.